The smallest absolute Gasteiger partial charge is 0.257 e. The standard InChI is InChI=1S/C28H32F2N6O2/c1-17-25(18(2)33-16-32-17)27(38)36-14-22-12-35(13-23(22)15-36)7-6-24(20-5-3-4-19(8-20)11-31)34-26(37)21-9-28(29,30)10-21/h3-5,8,16,21-24H,6-7,9-10,12-15H2,1-2H3,(H,34,37)/t22?,23?,24-/m0/s1. The van der Waals surface area contributed by atoms with Crippen molar-refractivity contribution >= 4 is 11.8 Å². The maximum Gasteiger partial charge on any atom is 0.257 e. The SMILES string of the molecule is Cc1ncnc(C)c1C(=O)N1CC2CN(CC[C@H](NC(=O)C3CC(F)(F)C3)c3cccc(C#N)c3)CC2C1. The van der Waals surface area contributed by atoms with E-state index in [2.05, 4.69) is 26.3 Å². The fraction of sp³-hybridized carbons (Fsp3) is 0.536. The molecule has 2 amide bonds. The molecule has 38 heavy (non-hydrogen) atoms. The van der Waals surface area contributed by atoms with Crippen LogP contribution in [0.25, 0.3) is 0 Å². The second-order valence-electron chi connectivity index (χ2n) is 11.0. The van der Waals surface area contributed by atoms with Gasteiger partial charge in [0, 0.05) is 51.5 Å². The minimum Gasteiger partial charge on any atom is -0.349 e. The number of nitrogens with one attached hydrogen (secondary N) is 1. The number of hydrogen-bond acceptors (Lipinski definition) is 6. The maximum atomic E-state index is 13.3. The van der Waals surface area contributed by atoms with E-state index in [0.29, 0.717) is 60.4 Å². The van der Waals surface area contributed by atoms with Crippen molar-refractivity contribution in [2.45, 2.75) is 45.1 Å². The molecular formula is C28H32F2N6O2. The average Bonchev–Trinajstić information content (AvgIpc) is 3.44. The summed E-state index contributed by atoms with van der Waals surface area (Å²) in [5.74, 6) is -3.06. The van der Waals surface area contributed by atoms with E-state index in [1.807, 2.05) is 24.8 Å². The normalized spacial score (nSPS) is 23.4. The van der Waals surface area contributed by atoms with Gasteiger partial charge in [-0.05, 0) is 49.8 Å². The van der Waals surface area contributed by atoms with Gasteiger partial charge in [0.2, 0.25) is 11.8 Å². The summed E-state index contributed by atoms with van der Waals surface area (Å²) in [6.45, 7) is 7.46. The van der Waals surface area contributed by atoms with Crippen LogP contribution in [0.3, 0.4) is 0 Å². The number of nitrogens with zero attached hydrogens (tertiary/aromatic N) is 5. The molecule has 3 fully saturated rings. The van der Waals surface area contributed by atoms with Gasteiger partial charge in [-0.25, -0.2) is 18.7 Å². The molecule has 1 aromatic carbocycles. The summed E-state index contributed by atoms with van der Waals surface area (Å²) in [5.41, 5.74) is 3.27. The van der Waals surface area contributed by atoms with Crippen LogP contribution in [0, 0.1) is 42.9 Å². The molecule has 0 spiro atoms. The van der Waals surface area contributed by atoms with Gasteiger partial charge in [-0.3, -0.25) is 9.59 Å². The molecule has 2 aliphatic heterocycles. The minimum absolute atomic E-state index is 0.0109. The van der Waals surface area contributed by atoms with Gasteiger partial charge >= 0.3 is 0 Å². The molecular weight excluding hydrogens is 490 g/mol. The molecule has 1 saturated carbocycles. The van der Waals surface area contributed by atoms with Gasteiger partial charge in [-0.1, -0.05) is 12.1 Å². The van der Waals surface area contributed by atoms with Crippen LogP contribution < -0.4 is 5.32 Å². The Kier molecular flexibility index (Phi) is 7.14. The van der Waals surface area contributed by atoms with Crippen LogP contribution in [0.1, 0.15) is 58.2 Å². The van der Waals surface area contributed by atoms with Gasteiger partial charge in [-0.15, -0.1) is 0 Å². The lowest BCUT2D eigenvalue weighted by atomic mass is 9.80. The fourth-order valence-corrected chi connectivity index (χ4v) is 6.09. The van der Waals surface area contributed by atoms with Gasteiger partial charge < -0.3 is 15.1 Å². The Bertz CT molecular complexity index is 1240. The number of fused-ring (bicyclic) bond motifs is 1. The number of carbonyl (C=O) groups excluding carboxylic acids is 2. The number of hydrogen-bond donors (Lipinski definition) is 1. The third kappa shape index (κ3) is 5.39. The van der Waals surface area contributed by atoms with E-state index in [1.165, 1.54) is 6.33 Å². The number of amides is 2. The first kappa shape index (κ1) is 26.2. The highest BCUT2D eigenvalue weighted by Crippen LogP contribution is 2.42. The zero-order chi connectivity index (χ0) is 27.0. The first-order chi connectivity index (χ1) is 18.1. The van der Waals surface area contributed by atoms with Crippen LogP contribution in [-0.4, -0.2) is 70.2 Å². The van der Waals surface area contributed by atoms with Gasteiger partial charge in [-0.2, -0.15) is 5.26 Å². The molecule has 2 unspecified atom stereocenters. The van der Waals surface area contributed by atoms with Crippen LogP contribution in [0.4, 0.5) is 8.78 Å². The van der Waals surface area contributed by atoms with Crippen molar-refractivity contribution in [2.75, 3.05) is 32.7 Å². The number of carbonyl (C=O) groups is 2. The molecule has 1 N–H and O–H groups in total. The summed E-state index contributed by atoms with van der Waals surface area (Å²) in [6, 6.07) is 8.85. The molecule has 1 aliphatic carbocycles. The van der Waals surface area contributed by atoms with Crippen molar-refractivity contribution in [1.29, 1.82) is 5.26 Å². The van der Waals surface area contributed by atoms with Gasteiger partial charge in [0.25, 0.3) is 5.91 Å². The molecule has 1 aromatic heterocycles. The lowest BCUT2D eigenvalue weighted by Gasteiger charge is -2.35. The third-order valence-electron chi connectivity index (χ3n) is 8.22. The quantitative estimate of drug-likeness (QED) is 0.599. The summed E-state index contributed by atoms with van der Waals surface area (Å²) in [5, 5.41) is 12.3. The molecule has 3 heterocycles. The Morgan fingerprint density at radius 3 is 2.39 bits per heavy atom. The summed E-state index contributed by atoms with van der Waals surface area (Å²) in [7, 11) is 0. The van der Waals surface area contributed by atoms with Crippen LogP contribution in [-0.2, 0) is 4.79 Å². The maximum absolute atomic E-state index is 13.3. The molecule has 5 rings (SSSR count). The largest absolute Gasteiger partial charge is 0.349 e. The van der Waals surface area contributed by atoms with E-state index in [-0.39, 0.29) is 17.9 Å². The molecule has 0 radical (unpaired) electrons. The highest BCUT2D eigenvalue weighted by atomic mass is 19.3. The third-order valence-corrected chi connectivity index (χ3v) is 8.22. The Morgan fingerprint density at radius 2 is 1.79 bits per heavy atom. The van der Waals surface area contributed by atoms with Crippen molar-refractivity contribution in [3.05, 3.63) is 58.7 Å². The Hall–Kier alpha value is -3.45. The number of aromatic nitrogens is 2. The van der Waals surface area contributed by atoms with E-state index in [9.17, 15) is 23.6 Å². The zero-order valence-electron chi connectivity index (χ0n) is 21.7. The predicted octanol–water partition coefficient (Wildman–Crippen LogP) is 3.26. The predicted molar refractivity (Wildman–Crippen MR) is 135 cm³/mol. The molecule has 200 valence electrons. The molecule has 0 bridgehead atoms. The summed E-state index contributed by atoms with van der Waals surface area (Å²) in [6.07, 6.45) is 1.25. The van der Waals surface area contributed by atoms with Crippen LogP contribution in [0.2, 0.25) is 0 Å². The monoisotopic (exact) mass is 522 g/mol. The summed E-state index contributed by atoms with van der Waals surface area (Å²) < 4.78 is 26.7. The molecule has 3 atom stereocenters. The highest BCUT2D eigenvalue weighted by molar-refractivity contribution is 5.96. The number of nitriles is 1. The summed E-state index contributed by atoms with van der Waals surface area (Å²) >= 11 is 0. The number of rotatable bonds is 7. The molecule has 2 aromatic rings. The second kappa shape index (κ2) is 10.4. The zero-order valence-corrected chi connectivity index (χ0v) is 21.7. The van der Waals surface area contributed by atoms with Gasteiger partial charge in [0.1, 0.15) is 6.33 Å². The Morgan fingerprint density at radius 1 is 1.13 bits per heavy atom. The van der Waals surface area contributed by atoms with Crippen molar-refractivity contribution in [2.24, 2.45) is 17.8 Å². The molecule has 2 saturated heterocycles. The first-order valence-electron chi connectivity index (χ1n) is 13.1. The topological polar surface area (TPSA) is 102 Å². The van der Waals surface area contributed by atoms with Crippen LogP contribution >= 0.6 is 0 Å². The number of alkyl halides is 2. The fourth-order valence-electron chi connectivity index (χ4n) is 6.09. The van der Waals surface area contributed by atoms with E-state index >= 15 is 0 Å². The number of halogens is 2. The van der Waals surface area contributed by atoms with Crippen molar-refractivity contribution < 1.29 is 18.4 Å². The van der Waals surface area contributed by atoms with Gasteiger partial charge in [0.05, 0.1) is 34.6 Å². The Balaban J connectivity index is 1.19. The summed E-state index contributed by atoms with van der Waals surface area (Å²) in [4.78, 5) is 38.5. The lowest BCUT2D eigenvalue weighted by Crippen LogP contribution is -2.46. The van der Waals surface area contributed by atoms with E-state index in [0.717, 1.165) is 18.7 Å². The molecule has 8 nitrogen and oxygen atoms in total. The average molecular weight is 523 g/mol. The number of aryl methyl sites for hydroxylation is 2. The lowest BCUT2D eigenvalue weighted by molar-refractivity contribution is -0.150. The van der Waals surface area contributed by atoms with E-state index in [1.54, 1.807) is 18.2 Å². The highest BCUT2D eigenvalue weighted by Gasteiger charge is 2.49. The second-order valence-corrected chi connectivity index (χ2v) is 11.0. The molecule has 10 heteroatoms. The number of benzene rings is 1. The van der Waals surface area contributed by atoms with Crippen molar-refractivity contribution in [3.8, 4) is 6.07 Å². The van der Waals surface area contributed by atoms with E-state index < -0.39 is 24.7 Å². The minimum atomic E-state index is -2.76. The van der Waals surface area contributed by atoms with Crippen LogP contribution in [0.5, 0.6) is 0 Å². The first-order valence-corrected chi connectivity index (χ1v) is 13.1. The van der Waals surface area contributed by atoms with Crippen molar-refractivity contribution in [1.82, 2.24) is 25.1 Å². The van der Waals surface area contributed by atoms with E-state index in [4.69, 9.17) is 0 Å². The van der Waals surface area contributed by atoms with Crippen LogP contribution in [0.15, 0.2) is 30.6 Å². The van der Waals surface area contributed by atoms with Gasteiger partial charge in [0.15, 0.2) is 0 Å². The number of likely N-dealkylation sites (tertiary alicyclic amines) is 2. The Labute approximate surface area is 221 Å². The van der Waals surface area contributed by atoms with Crippen molar-refractivity contribution in [3.63, 3.8) is 0 Å². The molecule has 3 aliphatic rings.